The number of rotatable bonds is 6. The van der Waals surface area contributed by atoms with Crippen molar-refractivity contribution in [3.63, 3.8) is 0 Å². The van der Waals surface area contributed by atoms with E-state index in [1.54, 1.807) is 18.2 Å². The third kappa shape index (κ3) is 6.23. The topological polar surface area (TPSA) is 101 Å². The molecular weight excluding hydrogens is 594 g/mol. The Bertz CT molecular complexity index is 1950. The number of benzene rings is 2. The van der Waals surface area contributed by atoms with Gasteiger partial charge in [-0.1, -0.05) is 18.2 Å². The Balaban J connectivity index is 1.55. The van der Waals surface area contributed by atoms with Crippen molar-refractivity contribution in [2.45, 2.75) is 64.6 Å². The molecule has 0 radical (unpaired) electrons. The predicted molar refractivity (Wildman–Crippen MR) is 175 cm³/mol. The van der Waals surface area contributed by atoms with Crippen molar-refractivity contribution < 1.29 is 13.6 Å². The molecule has 6 rings (SSSR count). The van der Waals surface area contributed by atoms with Gasteiger partial charge in [-0.15, -0.1) is 11.3 Å². The summed E-state index contributed by atoms with van der Waals surface area (Å²) < 4.78 is 31.3. The van der Waals surface area contributed by atoms with Crippen LogP contribution in [0.1, 0.15) is 55.8 Å². The molecule has 0 aliphatic carbocycles. The summed E-state index contributed by atoms with van der Waals surface area (Å²) in [5.74, 6) is -1.81. The maximum absolute atomic E-state index is 15.2. The van der Waals surface area contributed by atoms with Crippen molar-refractivity contribution in [1.29, 1.82) is 0 Å². The number of carbonyl (C=O) groups excluding carboxylic acids is 1. The molecule has 1 aliphatic rings. The minimum absolute atomic E-state index is 0.0341. The number of hydrogen-bond acceptors (Lipinski definition) is 7. The molecule has 0 atom stereocenters. The Hall–Kier alpha value is -4.48. The van der Waals surface area contributed by atoms with Crippen molar-refractivity contribution in [3.05, 3.63) is 98.5 Å². The number of aromatic nitrogens is 3. The van der Waals surface area contributed by atoms with Crippen LogP contribution in [0.5, 0.6) is 0 Å². The molecule has 5 aromatic rings. The SMILES string of the molecule is Cc1ccc(NC(=O)c2cccs2)cc1-c1nc(NC2CC(C)(C)NC(C)(C)C2)nc2c1ccc(=O)n2-c1c(F)cccc1F. The first-order valence-electron chi connectivity index (χ1n) is 14.7. The summed E-state index contributed by atoms with van der Waals surface area (Å²) >= 11 is 1.34. The van der Waals surface area contributed by atoms with Crippen LogP contribution in [0.2, 0.25) is 0 Å². The number of fused-ring (bicyclic) bond motifs is 1. The average Bonchev–Trinajstić information content (AvgIpc) is 3.48. The van der Waals surface area contributed by atoms with E-state index >= 15 is 8.78 Å². The van der Waals surface area contributed by atoms with Gasteiger partial charge in [0, 0.05) is 39.8 Å². The molecule has 1 amide bonds. The lowest BCUT2D eigenvalue weighted by molar-refractivity contribution is 0.103. The standard InChI is InChI=1S/C34H34F2N6O2S/c1-19-11-12-20(37-31(44)26-10-7-15-45-26)16-23(19)28-22-13-14-27(43)42(29-24(35)8-6-9-25(29)36)30(22)40-32(39-28)38-21-17-33(2,3)41-34(4,5)18-21/h6-16,21,41H,17-18H2,1-5H3,(H,37,44)(H,38,39,40). The van der Waals surface area contributed by atoms with Gasteiger partial charge in [-0.2, -0.15) is 4.98 Å². The highest BCUT2D eigenvalue weighted by molar-refractivity contribution is 7.12. The summed E-state index contributed by atoms with van der Waals surface area (Å²) in [5.41, 5.74) is 1.05. The molecule has 1 saturated heterocycles. The van der Waals surface area contributed by atoms with Crippen molar-refractivity contribution >= 4 is 39.9 Å². The molecule has 11 heteroatoms. The van der Waals surface area contributed by atoms with E-state index in [9.17, 15) is 9.59 Å². The van der Waals surface area contributed by atoms with Gasteiger partial charge in [0.25, 0.3) is 11.5 Å². The number of anilines is 2. The van der Waals surface area contributed by atoms with E-state index in [4.69, 9.17) is 9.97 Å². The lowest BCUT2D eigenvalue weighted by Gasteiger charge is -2.46. The van der Waals surface area contributed by atoms with Crippen LogP contribution in [0.25, 0.3) is 28.0 Å². The highest BCUT2D eigenvalue weighted by atomic mass is 32.1. The van der Waals surface area contributed by atoms with Crippen LogP contribution in [0, 0.1) is 18.6 Å². The quantitative estimate of drug-likeness (QED) is 0.186. The third-order valence-corrected chi connectivity index (χ3v) is 8.80. The summed E-state index contributed by atoms with van der Waals surface area (Å²) in [6.45, 7) is 10.4. The molecule has 45 heavy (non-hydrogen) atoms. The zero-order valence-corrected chi connectivity index (χ0v) is 26.5. The van der Waals surface area contributed by atoms with Gasteiger partial charge in [0.15, 0.2) is 5.65 Å². The van der Waals surface area contributed by atoms with Gasteiger partial charge in [-0.3, -0.25) is 14.2 Å². The molecule has 8 nitrogen and oxygen atoms in total. The fourth-order valence-electron chi connectivity index (χ4n) is 6.47. The maximum atomic E-state index is 15.2. The minimum Gasteiger partial charge on any atom is -0.351 e. The van der Waals surface area contributed by atoms with Crippen LogP contribution in [0.15, 0.2) is 70.8 Å². The van der Waals surface area contributed by atoms with Gasteiger partial charge in [0.1, 0.15) is 17.3 Å². The number of piperidine rings is 1. The van der Waals surface area contributed by atoms with E-state index in [0.717, 1.165) is 35.1 Å². The summed E-state index contributed by atoms with van der Waals surface area (Å²) in [6, 6.07) is 15.3. The first-order valence-corrected chi connectivity index (χ1v) is 15.6. The molecule has 3 aromatic heterocycles. The molecule has 3 N–H and O–H groups in total. The highest BCUT2D eigenvalue weighted by Gasteiger charge is 2.38. The summed E-state index contributed by atoms with van der Waals surface area (Å²) in [7, 11) is 0. The fraction of sp³-hybridized carbons (Fsp3) is 0.294. The molecule has 2 aromatic carbocycles. The Morgan fingerprint density at radius 1 is 0.978 bits per heavy atom. The molecule has 1 fully saturated rings. The van der Waals surface area contributed by atoms with Gasteiger partial charge in [0.2, 0.25) is 5.95 Å². The van der Waals surface area contributed by atoms with E-state index in [-0.39, 0.29) is 34.6 Å². The number of hydrogen-bond donors (Lipinski definition) is 3. The molecule has 232 valence electrons. The van der Waals surface area contributed by atoms with Gasteiger partial charge in [-0.25, -0.2) is 13.8 Å². The van der Waals surface area contributed by atoms with Gasteiger partial charge in [-0.05, 0) is 94.8 Å². The van der Waals surface area contributed by atoms with E-state index < -0.39 is 22.9 Å². The second-order valence-electron chi connectivity index (χ2n) is 12.8. The number of halogens is 2. The van der Waals surface area contributed by atoms with E-state index in [2.05, 4.69) is 43.6 Å². The Labute approximate surface area is 263 Å². The number of pyridine rings is 1. The Morgan fingerprint density at radius 2 is 1.69 bits per heavy atom. The number of aryl methyl sites for hydroxylation is 1. The summed E-state index contributed by atoms with van der Waals surface area (Å²) in [6.07, 6.45) is 1.53. The van der Waals surface area contributed by atoms with Crippen LogP contribution >= 0.6 is 11.3 Å². The monoisotopic (exact) mass is 628 g/mol. The highest BCUT2D eigenvalue weighted by Crippen LogP contribution is 2.35. The first kappa shape index (κ1) is 30.5. The van der Waals surface area contributed by atoms with Crippen molar-refractivity contribution in [2.24, 2.45) is 0 Å². The maximum Gasteiger partial charge on any atom is 0.265 e. The van der Waals surface area contributed by atoms with Crippen molar-refractivity contribution in [1.82, 2.24) is 19.9 Å². The number of carbonyl (C=O) groups is 1. The van der Waals surface area contributed by atoms with Crippen LogP contribution < -0.4 is 21.5 Å². The normalized spacial score (nSPS) is 16.1. The number of thiophene rings is 1. The fourth-order valence-corrected chi connectivity index (χ4v) is 7.08. The predicted octanol–water partition coefficient (Wildman–Crippen LogP) is 7.07. The lowest BCUT2D eigenvalue weighted by atomic mass is 9.80. The van der Waals surface area contributed by atoms with E-state index in [1.807, 2.05) is 30.5 Å². The van der Waals surface area contributed by atoms with Crippen LogP contribution in [-0.2, 0) is 0 Å². The van der Waals surface area contributed by atoms with Crippen LogP contribution in [0.4, 0.5) is 20.4 Å². The number of nitrogens with one attached hydrogen (secondary N) is 3. The zero-order chi connectivity index (χ0) is 32.1. The first-order chi connectivity index (χ1) is 21.3. The molecule has 0 saturated carbocycles. The number of nitrogens with zero attached hydrogens (tertiary/aromatic N) is 3. The van der Waals surface area contributed by atoms with Gasteiger partial charge >= 0.3 is 0 Å². The van der Waals surface area contributed by atoms with Crippen LogP contribution in [0.3, 0.4) is 0 Å². The van der Waals surface area contributed by atoms with Gasteiger partial charge in [0.05, 0.1) is 10.6 Å². The Morgan fingerprint density at radius 3 is 2.36 bits per heavy atom. The largest absolute Gasteiger partial charge is 0.351 e. The second-order valence-corrected chi connectivity index (χ2v) is 13.8. The minimum atomic E-state index is -0.893. The second kappa shape index (κ2) is 11.5. The summed E-state index contributed by atoms with van der Waals surface area (Å²) in [4.78, 5) is 36.4. The molecule has 0 bridgehead atoms. The van der Waals surface area contributed by atoms with Crippen LogP contribution in [-0.4, -0.2) is 37.6 Å². The van der Waals surface area contributed by atoms with Gasteiger partial charge < -0.3 is 16.0 Å². The Kier molecular flexibility index (Phi) is 7.78. The zero-order valence-electron chi connectivity index (χ0n) is 25.7. The smallest absolute Gasteiger partial charge is 0.265 e. The molecule has 0 unspecified atom stereocenters. The number of para-hydroxylation sites is 1. The van der Waals surface area contributed by atoms with Crippen molar-refractivity contribution in [3.8, 4) is 16.9 Å². The summed E-state index contributed by atoms with van der Waals surface area (Å²) in [5, 5.41) is 12.3. The van der Waals surface area contributed by atoms with E-state index in [1.165, 1.54) is 23.5 Å². The molecule has 1 aliphatic heterocycles. The molecule has 0 spiro atoms. The van der Waals surface area contributed by atoms with Crippen molar-refractivity contribution in [2.75, 3.05) is 10.6 Å². The third-order valence-electron chi connectivity index (χ3n) is 7.93. The molecular formula is C34H34F2N6O2S. The molecule has 4 heterocycles. The lowest BCUT2D eigenvalue weighted by Crippen LogP contribution is -2.60. The number of amides is 1. The van der Waals surface area contributed by atoms with E-state index in [0.29, 0.717) is 27.2 Å². The average molecular weight is 629 g/mol.